The minimum Gasteiger partial charge on any atom is -0.325 e. The maximum Gasteiger partial charge on any atom is 0.240 e. The van der Waals surface area contributed by atoms with E-state index in [-0.39, 0.29) is 5.91 Å². The van der Waals surface area contributed by atoms with E-state index in [9.17, 15) is 4.79 Å². The van der Waals surface area contributed by atoms with Gasteiger partial charge < -0.3 is 11.1 Å². The molecule has 1 aromatic rings. The van der Waals surface area contributed by atoms with Gasteiger partial charge in [0.05, 0.1) is 6.04 Å². The minimum absolute atomic E-state index is 0.162. The molecule has 76 valence electrons. The Morgan fingerprint density at radius 1 is 1.57 bits per heavy atom. The van der Waals surface area contributed by atoms with Crippen molar-refractivity contribution in [3.05, 3.63) is 27.3 Å². The van der Waals surface area contributed by atoms with Crippen molar-refractivity contribution < 1.29 is 4.79 Å². The molecule has 4 heteroatoms. The summed E-state index contributed by atoms with van der Waals surface area (Å²) in [7, 11) is 0. The van der Waals surface area contributed by atoms with Gasteiger partial charge in [0, 0.05) is 9.26 Å². The van der Waals surface area contributed by atoms with Crippen LogP contribution in [0.1, 0.15) is 12.5 Å². The molecular formula is C10H13IN2O. The van der Waals surface area contributed by atoms with Gasteiger partial charge in [-0.15, -0.1) is 0 Å². The second kappa shape index (κ2) is 4.75. The standard InChI is InChI=1S/C10H13IN2O/c1-6-3-4-8(5-9(6)11)13-10(14)7(2)12/h3-5,7H,12H2,1-2H3,(H,13,14). The van der Waals surface area contributed by atoms with E-state index in [2.05, 4.69) is 27.9 Å². The molecule has 0 bridgehead atoms. The van der Waals surface area contributed by atoms with E-state index in [0.29, 0.717) is 0 Å². The van der Waals surface area contributed by atoms with Gasteiger partial charge >= 0.3 is 0 Å². The number of halogens is 1. The fraction of sp³-hybridized carbons (Fsp3) is 0.300. The normalized spacial score (nSPS) is 12.3. The molecule has 0 aromatic heterocycles. The lowest BCUT2D eigenvalue weighted by molar-refractivity contribution is -0.117. The predicted molar refractivity (Wildman–Crippen MR) is 66.2 cm³/mol. The van der Waals surface area contributed by atoms with E-state index in [1.165, 1.54) is 5.56 Å². The molecule has 0 aliphatic rings. The lowest BCUT2D eigenvalue weighted by atomic mass is 10.2. The molecule has 0 aliphatic heterocycles. The molecule has 1 atom stereocenters. The molecule has 0 radical (unpaired) electrons. The summed E-state index contributed by atoms with van der Waals surface area (Å²) in [5.41, 5.74) is 7.43. The van der Waals surface area contributed by atoms with Crippen LogP contribution < -0.4 is 11.1 Å². The summed E-state index contributed by atoms with van der Waals surface area (Å²) >= 11 is 2.23. The summed E-state index contributed by atoms with van der Waals surface area (Å²) in [6.07, 6.45) is 0. The Bertz CT molecular complexity index is 350. The Kier molecular flexibility index (Phi) is 3.88. The van der Waals surface area contributed by atoms with Crippen LogP contribution in [0.15, 0.2) is 18.2 Å². The summed E-state index contributed by atoms with van der Waals surface area (Å²) in [6.45, 7) is 3.69. The van der Waals surface area contributed by atoms with Crippen LogP contribution >= 0.6 is 22.6 Å². The zero-order valence-corrected chi connectivity index (χ0v) is 10.3. The number of nitrogens with two attached hydrogens (primary N) is 1. The third-order valence-corrected chi connectivity index (χ3v) is 3.02. The maximum atomic E-state index is 11.3. The van der Waals surface area contributed by atoms with E-state index < -0.39 is 6.04 Å². The highest BCUT2D eigenvalue weighted by Crippen LogP contribution is 2.16. The van der Waals surface area contributed by atoms with Crippen LogP contribution in [0.5, 0.6) is 0 Å². The topological polar surface area (TPSA) is 55.1 Å². The Labute approximate surface area is 97.2 Å². The molecule has 14 heavy (non-hydrogen) atoms. The van der Waals surface area contributed by atoms with Crippen molar-refractivity contribution >= 4 is 34.2 Å². The van der Waals surface area contributed by atoms with Crippen LogP contribution in [-0.4, -0.2) is 11.9 Å². The molecular weight excluding hydrogens is 291 g/mol. The van der Waals surface area contributed by atoms with Crippen molar-refractivity contribution in [3.63, 3.8) is 0 Å². The van der Waals surface area contributed by atoms with Gasteiger partial charge in [-0.05, 0) is 54.1 Å². The first kappa shape index (κ1) is 11.5. The van der Waals surface area contributed by atoms with Crippen LogP contribution in [0.25, 0.3) is 0 Å². The number of aryl methyl sites for hydroxylation is 1. The monoisotopic (exact) mass is 304 g/mol. The maximum absolute atomic E-state index is 11.3. The zero-order valence-electron chi connectivity index (χ0n) is 8.17. The van der Waals surface area contributed by atoms with Crippen molar-refractivity contribution in [1.82, 2.24) is 0 Å². The zero-order chi connectivity index (χ0) is 10.7. The van der Waals surface area contributed by atoms with Crippen LogP contribution in [0.4, 0.5) is 5.69 Å². The van der Waals surface area contributed by atoms with E-state index >= 15 is 0 Å². The number of amides is 1. The van der Waals surface area contributed by atoms with Crippen LogP contribution in [0.3, 0.4) is 0 Å². The number of nitrogens with one attached hydrogen (secondary N) is 1. The van der Waals surface area contributed by atoms with Gasteiger partial charge in [0.15, 0.2) is 0 Å². The summed E-state index contributed by atoms with van der Waals surface area (Å²) in [6, 6.07) is 5.29. The fourth-order valence-corrected chi connectivity index (χ4v) is 1.44. The van der Waals surface area contributed by atoms with Crippen molar-refractivity contribution in [2.24, 2.45) is 5.73 Å². The van der Waals surface area contributed by atoms with E-state index in [1.54, 1.807) is 6.92 Å². The number of benzene rings is 1. The van der Waals surface area contributed by atoms with Crippen molar-refractivity contribution in [2.45, 2.75) is 19.9 Å². The first-order valence-electron chi connectivity index (χ1n) is 4.33. The van der Waals surface area contributed by atoms with Gasteiger partial charge in [0.1, 0.15) is 0 Å². The first-order chi connectivity index (χ1) is 6.50. The number of rotatable bonds is 2. The molecule has 0 saturated carbocycles. The van der Waals surface area contributed by atoms with E-state index in [1.807, 2.05) is 25.1 Å². The Hall–Kier alpha value is -0.620. The van der Waals surface area contributed by atoms with Gasteiger partial charge in [-0.2, -0.15) is 0 Å². The average molecular weight is 304 g/mol. The molecule has 0 fully saturated rings. The molecule has 0 saturated heterocycles. The molecule has 0 aliphatic carbocycles. The SMILES string of the molecule is Cc1ccc(NC(=O)C(C)N)cc1I. The molecule has 1 aromatic carbocycles. The van der Waals surface area contributed by atoms with Gasteiger partial charge in [0.2, 0.25) is 5.91 Å². The highest BCUT2D eigenvalue weighted by atomic mass is 127. The minimum atomic E-state index is -0.478. The highest BCUT2D eigenvalue weighted by molar-refractivity contribution is 14.1. The number of carbonyl (C=O) groups is 1. The summed E-state index contributed by atoms with van der Waals surface area (Å²) in [5.74, 6) is -0.162. The molecule has 0 heterocycles. The van der Waals surface area contributed by atoms with E-state index in [0.717, 1.165) is 9.26 Å². The molecule has 3 nitrogen and oxygen atoms in total. The summed E-state index contributed by atoms with van der Waals surface area (Å²) in [5, 5.41) is 2.74. The van der Waals surface area contributed by atoms with Gasteiger partial charge in [-0.3, -0.25) is 4.79 Å². The van der Waals surface area contributed by atoms with Crippen molar-refractivity contribution in [3.8, 4) is 0 Å². The predicted octanol–water partition coefficient (Wildman–Crippen LogP) is 1.89. The Morgan fingerprint density at radius 3 is 2.71 bits per heavy atom. The second-order valence-corrected chi connectivity index (χ2v) is 4.40. The summed E-state index contributed by atoms with van der Waals surface area (Å²) < 4.78 is 1.13. The van der Waals surface area contributed by atoms with Crippen molar-refractivity contribution in [1.29, 1.82) is 0 Å². The second-order valence-electron chi connectivity index (χ2n) is 3.24. The molecule has 1 unspecified atom stereocenters. The molecule has 0 spiro atoms. The van der Waals surface area contributed by atoms with E-state index in [4.69, 9.17) is 5.73 Å². The van der Waals surface area contributed by atoms with Gasteiger partial charge in [0.25, 0.3) is 0 Å². The number of anilines is 1. The Balaban J connectivity index is 2.78. The van der Waals surface area contributed by atoms with Crippen LogP contribution in [0.2, 0.25) is 0 Å². The third kappa shape index (κ3) is 2.95. The molecule has 1 rings (SSSR count). The van der Waals surface area contributed by atoms with Gasteiger partial charge in [-0.1, -0.05) is 6.07 Å². The Morgan fingerprint density at radius 2 is 2.21 bits per heavy atom. The smallest absolute Gasteiger partial charge is 0.240 e. The lowest BCUT2D eigenvalue weighted by Crippen LogP contribution is -2.32. The summed E-state index contributed by atoms with van der Waals surface area (Å²) in [4.78, 5) is 11.3. The molecule has 1 amide bonds. The number of hydrogen-bond donors (Lipinski definition) is 2. The highest BCUT2D eigenvalue weighted by Gasteiger charge is 2.07. The van der Waals surface area contributed by atoms with Crippen LogP contribution in [0, 0.1) is 10.5 Å². The molecule has 3 N–H and O–H groups in total. The first-order valence-corrected chi connectivity index (χ1v) is 5.41. The van der Waals surface area contributed by atoms with Gasteiger partial charge in [-0.25, -0.2) is 0 Å². The number of hydrogen-bond acceptors (Lipinski definition) is 2. The van der Waals surface area contributed by atoms with Crippen LogP contribution in [-0.2, 0) is 4.79 Å². The van der Waals surface area contributed by atoms with Crippen molar-refractivity contribution in [2.75, 3.05) is 5.32 Å². The fourth-order valence-electron chi connectivity index (χ4n) is 0.927. The quantitative estimate of drug-likeness (QED) is 0.820. The number of carbonyl (C=O) groups excluding carboxylic acids is 1. The lowest BCUT2D eigenvalue weighted by Gasteiger charge is -2.08. The average Bonchev–Trinajstić information content (AvgIpc) is 2.11. The largest absolute Gasteiger partial charge is 0.325 e. The third-order valence-electron chi connectivity index (χ3n) is 1.85.